The Morgan fingerprint density at radius 2 is 1.88 bits per heavy atom. The number of amides is 3. The van der Waals surface area contributed by atoms with Gasteiger partial charge in [0.1, 0.15) is 0 Å². The molecule has 0 unspecified atom stereocenters. The Labute approximate surface area is 152 Å². The van der Waals surface area contributed by atoms with Gasteiger partial charge in [0.2, 0.25) is 17.7 Å². The SMILES string of the molecule is CN(Cc1cccc(C#N)c1)C(=O)CCN1C(=O)[C@H]2CC=CC[C@H]2C1=O. The van der Waals surface area contributed by atoms with Crippen molar-refractivity contribution in [2.24, 2.45) is 11.8 Å². The molecular weight excluding hydrogens is 330 g/mol. The molecule has 3 amide bonds. The normalized spacial score (nSPS) is 21.5. The first kappa shape index (κ1) is 17.9. The summed E-state index contributed by atoms with van der Waals surface area (Å²) in [7, 11) is 1.68. The number of nitrogens with zero attached hydrogens (tertiary/aromatic N) is 3. The third-order valence-electron chi connectivity index (χ3n) is 5.05. The predicted octanol–water partition coefficient (Wildman–Crippen LogP) is 1.86. The Morgan fingerprint density at radius 1 is 1.23 bits per heavy atom. The van der Waals surface area contributed by atoms with Gasteiger partial charge >= 0.3 is 0 Å². The van der Waals surface area contributed by atoms with Crippen LogP contribution in [0.15, 0.2) is 36.4 Å². The largest absolute Gasteiger partial charge is 0.341 e. The summed E-state index contributed by atoms with van der Waals surface area (Å²) in [5.41, 5.74) is 1.41. The van der Waals surface area contributed by atoms with E-state index >= 15 is 0 Å². The highest BCUT2D eigenvalue weighted by Gasteiger charge is 2.46. The van der Waals surface area contributed by atoms with E-state index in [1.54, 1.807) is 30.1 Å². The topological polar surface area (TPSA) is 81.5 Å². The molecule has 0 saturated carbocycles. The summed E-state index contributed by atoms with van der Waals surface area (Å²) in [5, 5.41) is 8.94. The highest BCUT2D eigenvalue weighted by Crippen LogP contribution is 2.35. The fraction of sp³-hybridized carbons (Fsp3) is 0.400. The number of imide groups is 1. The van der Waals surface area contributed by atoms with Crippen molar-refractivity contribution in [2.45, 2.75) is 25.8 Å². The standard InChI is InChI=1S/C20H21N3O3/c1-22(13-15-6-4-5-14(11-15)12-21)18(24)9-10-23-19(25)16-7-2-3-8-17(16)20(23)26/h2-6,11,16-17H,7-10,13H2,1H3/t16-,17+. The third-order valence-corrected chi connectivity index (χ3v) is 5.05. The molecule has 1 fully saturated rings. The van der Waals surface area contributed by atoms with Gasteiger partial charge in [0.05, 0.1) is 23.5 Å². The number of hydrogen-bond donors (Lipinski definition) is 0. The minimum atomic E-state index is -0.256. The van der Waals surface area contributed by atoms with Crippen LogP contribution in [0, 0.1) is 23.2 Å². The van der Waals surface area contributed by atoms with E-state index in [1.165, 1.54) is 4.90 Å². The first-order valence-electron chi connectivity index (χ1n) is 8.74. The zero-order chi connectivity index (χ0) is 18.7. The molecule has 0 N–H and O–H groups in total. The van der Waals surface area contributed by atoms with Gasteiger partial charge in [0.25, 0.3) is 0 Å². The molecule has 6 heteroatoms. The van der Waals surface area contributed by atoms with Crippen molar-refractivity contribution in [3.63, 3.8) is 0 Å². The van der Waals surface area contributed by atoms with Crippen LogP contribution in [-0.2, 0) is 20.9 Å². The van der Waals surface area contributed by atoms with E-state index in [1.807, 2.05) is 18.2 Å². The monoisotopic (exact) mass is 351 g/mol. The average molecular weight is 351 g/mol. The second-order valence-electron chi connectivity index (χ2n) is 6.80. The number of benzene rings is 1. The Kier molecular flexibility index (Phi) is 5.17. The van der Waals surface area contributed by atoms with Crippen molar-refractivity contribution < 1.29 is 14.4 Å². The van der Waals surface area contributed by atoms with Gasteiger partial charge in [-0.15, -0.1) is 0 Å². The van der Waals surface area contributed by atoms with Crippen LogP contribution in [0.5, 0.6) is 0 Å². The van der Waals surface area contributed by atoms with Crippen molar-refractivity contribution in [1.29, 1.82) is 5.26 Å². The van der Waals surface area contributed by atoms with Crippen molar-refractivity contribution in [3.8, 4) is 6.07 Å². The molecule has 1 heterocycles. The summed E-state index contributed by atoms with van der Waals surface area (Å²) in [6.07, 6.45) is 5.22. The van der Waals surface area contributed by atoms with E-state index in [9.17, 15) is 14.4 Å². The molecule has 26 heavy (non-hydrogen) atoms. The van der Waals surface area contributed by atoms with Crippen LogP contribution in [0.3, 0.4) is 0 Å². The van der Waals surface area contributed by atoms with Crippen molar-refractivity contribution in [3.05, 3.63) is 47.5 Å². The van der Waals surface area contributed by atoms with Gasteiger partial charge in [-0.2, -0.15) is 5.26 Å². The Morgan fingerprint density at radius 3 is 2.50 bits per heavy atom. The maximum atomic E-state index is 12.4. The summed E-state index contributed by atoms with van der Waals surface area (Å²) < 4.78 is 0. The number of nitriles is 1. The third kappa shape index (κ3) is 3.52. The molecule has 0 spiro atoms. The molecule has 1 aromatic carbocycles. The zero-order valence-electron chi connectivity index (χ0n) is 14.7. The maximum Gasteiger partial charge on any atom is 0.233 e. The van der Waals surface area contributed by atoms with Crippen molar-refractivity contribution >= 4 is 17.7 Å². The second-order valence-corrected chi connectivity index (χ2v) is 6.80. The van der Waals surface area contributed by atoms with E-state index < -0.39 is 0 Å². The number of fused-ring (bicyclic) bond motifs is 1. The lowest BCUT2D eigenvalue weighted by Crippen LogP contribution is -2.36. The van der Waals surface area contributed by atoms with Gasteiger partial charge < -0.3 is 4.90 Å². The Hall–Kier alpha value is -2.94. The lowest BCUT2D eigenvalue weighted by molar-refractivity contribution is -0.140. The van der Waals surface area contributed by atoms with Gasteiger partial charge in [-0.05, 0) is 30.5 Å². The second kappa shape index (κ2) is 7.52. The van der Waals surface area contributed by atoms with Gasteiger partial charge in [0, 0.05) is 26.6 Å². The maximum absolute atomic E-state index is 12.4. The van der Waals surface area contributed by atoms with Crippen LogP contribution in [-0.4, -0.2) is 41.1 Å². The van der Waals surface area contributed by atoms with Gasteiger partial charge in [-0.25, -0.2) is 0 Å². The van der Waals surface area contributed by atoms with Crippen molar-refractivity contribution in [2.75, 3.05) is 13.6 Å². The summed E-state index contributed by atoms with van der Waals surface area (Å²) in [6, 6.07) is 9.17. The predicted molar refractivity (Wildman–Crippen MR) is 94.3 cm³/mol. The van der Waals surface area contributed by atoms with Crippen LogP contribution < -0.4 is 0 Å². The number of carbonyl (C=O) groups is 3. The van der Waals surface area contributed by atoms with Crippen LogP contribution in [0.1, 0.15) is 30.4 Å². The van der Waals surface area contributed by atoms with Crippen molar-refractivity contribution in [1.82, 2.24) is 9.80 Å². The lowest BCUT2D eigenvalue weighted by Gasteiger charge is -2.20. The molecule has 1 aliphatic carbocycles. The number of carbonyl (C=O) groups excluding carboxylic acids is 3. The average Bonchev–Trinajstić information content (AvgIpc) is 2.90. The molecule has 1 saturated heterocycles. The Bertz CT molecular complexity index is 783. The van der Waals surface area contributed by atoms with E-state index in [4.69, 9.17) is 5.26 Å². The smallest absolute Gasteiger partial charge is 0.233 e. The van der Waals surface area contributed by atoms with Gasteiger partial charge in [0.15, 0.2) is 0 Å². The number of likely N-dealkylation sites (tertiary alicyclic amines) is 1. The highest BCUT2D eigenvalue weighted by molar-refractivity contribution is 6.05. The van der Waals surface area contributed by atoms with E-state index in [-0.39, 0.29) is 42.5 Å². The molecule has 0 aromatic heterocycles. The first-order chi connectivity index (χ1) is 12.5. The van der Waals surface area contributed by atoms with Crippen LogP contribution >= 0.6 is 0 Å². The number of rotatable bonds is 5. The molecule has 1 aromatic rings. The fourth-order valence-corrected chi connectivity index (χ4v) is 3.59. The minimum Gasteiger partial charge on any atom is -0.341 e. The molecular formula is C20H21N3O3. The fourth-order valence-electron chi connectivity index (χ4n) is 3.59. The summed E-state index contributed by atoms with van der Waals surface area (Å²) >= 11 is 0. The number of allylic oxidation sites excluding steroid dienone is 2. The van der Waals surface area contributed by atoms with Gasteiger partial charge in [-0.3, -0.25) is 19.3 Å². The highest BCUT2D eigenvalue weighted by atomic mass is 16.2. The van der Waals surface area contributed by atoms with E-state index in [0.29, 0.717) is 24.9 Å². The molecule has 2 atom stereocenters. The Balaban J connectivity index is 1.56. The van der Waals surface area contributed by atoms with E-state index in [2.05, 4.69) is 6.07 Å². The molecule has 1 aliphatic heterocycles. The van der Waals surface area contributed by atoms with E-state index in [0.717, 1.165) is 5.56 Å². The zero-order valence-corrected chi connectivity index (χ0v) is 14.7. The van der Waals surface area contributed by atoms with Gasteiger partial charge in [-0.1, -0.05) is 24.3 Å². The summed E-state index contributed by atoms with van der Waals surface area (Å²) in [4.78, 5) is 40.0. The molecule has 2 aliphatic rings. The molecule has 0 radical (unpaired) electrons. The molecule has 6 nitrogen and oxygen atoms in total. The van der Waals surface area contributed by atoms with Crippen LogP contribution in [0.25, 0.3) is 0 Å². The lowest BCUT2D eigenvalue weighted by atomic mass is 9.85. The molecule has 134 valence electrons. The quantitative estimate of drug-likeness (QED) is 0.599. The summed E-state index contributed by atoms with van der Waals surface area (Å²) in [6.45, 7) is 0.511. The first-order valence-corrected chi connectivity index (χ1v) is 8.74. The molecule has 3 rings (SSSR count). The van der Waals surface area contributed by atoms with Crippen LogP contribution in [0.2, 0.25) is 0 Å². The van der Waals surface area contributed by atoms with Crippen LogP contribution in [0.4, 0.5) is 0 Å². The minimum absolute atomic E-state index is 0.110. The molecule has 0 bridgehead atoms. The number of hydrogen-bond acceptors (Lipinski definition) is 4. The summed E-state index contributed by atoms with van der Waals surface area (Å²) in [5.74, 6) is -0.952.